The smallest absolute Gasteiger partial charge is 0.330 e. The van der Waals surface area contributed by atoms with Crippen LogP contribution in [0.2, 0.25) is 0 Å². The van der Waals surface area contributed by atoms with Gasteiger partial charge in [0.25, 0.3) is 0 Å². The van der Waals surface area contributed by atoms with Crippen LogP contribution in [0.25, 0.3) is 0 Å². The molecule has 1 heterocycles. The molecule has 4 nitrogen and oxygen atoms in total. The van der Waals surface area contributed by atoms with E-state index in [0.29, 0.717) is 17.9 Å². The van der Waals surface area contributed by atoms with Crippen molar-refractivity contribution in [2.45, 2.75) is 32.4 Å². The summed E-state index contributed by atoms with van der Waals surface area (Å²) in [5, 5.41) is 2.88. The van der Waals surface area contributed by atoms with Crippen LogP contribution in [-0.4, -0.2) is 36.0 Å². The fraction of sp³-hybridized carbons (Fsp3) is 0.636. The van der Waals surface area contributed by atoms with Crippen molar-refractivity contribution in [1.29, 1.82) is 0 Å². The van der Waals surface area contributed by atoms with E-state index in [1.807, 2.05) is 0 Å². The van der Waals surface area contributed by atoms with Gasteiger partial charge in [0, 0.05) is 12.2 Å². The summed E-state index contributed by atoms with van der Waals surface area (Å²) in [7, 11) is 1.73. The molecule has 0 saturated carbocycles. The third-order valence-corrected chi connectivity index (χ3v) is 2.16. The predicted octanol–water partition coefficient (Wildman–Crippen LogP) is 1.92. The average molecular weight is 281 g/mol. The Morgan fingerprint density at radius 3 is 2.63 bits per heavy atom. The molecule has 0 saturated heterocycles. The molecular formula is C11H15F4N3O. The summed E-state index contributed by atoms with van der Waals surface area (Å²) in [4.78, 5) is 8.04. The van der Waals surface area contributed by atoms with Crippen LogP contribution in [0.3, 0.4) is 0 Å². The number of ether oxygens (including phenoxy) is 1. The number of aromatic nitrogens is 2. The summed E-state index contributed by atoms with van der Waals surface area (Å²) < 4.78 is 53.6. The van der Waals surface area contributed by atoms with Gasteiger partial charge in [0.15, 0.2) is 5.82 Å². The van der Waals surface area contributed by atoms with E-state index in [0.717, 1.165) is 0 Å². The van der Waals surface area contributed by atoms with Crippen molar-refractivity contribution in [2.75, 3.05) is 13.7 Å². The van der Waals surface area contributed by atoms with E-state index in [9.17, 15) is 17.6 Å². The van der Waals surface area contributed by atoms with Crippen molar-refractivity contribution < 1.29 is 22.3 Å². The molecule has 0 aliphatic heterocycles. The van der Waals surface area contributed by atoms with Gasteiger partial charge >= 0.3 is 12.3 Å². The van der Waals surface area contributed by atoms with E-state index >= 15 is 0 Å². The highest BCUT2D eigenvalue weighted by atomic mass is 19.3. The largest absolute Gasteiger partial charge is 0.367 e. The van der Waals surface area contributed by atoms with Crippen LogP contribution in [0.15, 0.2) is 6.07 Å². The van der Waals surface area contributed by atoms with Crippen LogP contribution in [0.4, 0.5) is 17.6 Å². The topological polar surface area (TPSA) is 47.0 Å². The number of halogens is 4. The lowest BCUT2D eigenvalue weighted by molar-refractivity contribution is -0.168. The van der Waals surface area contributed by atoms with Gasteiger partial charge in [0.2, 0.25) is 0 Å². The van der Waals surface area contributed by atoms with Crippen molar-refractivity contribution in [3.05, 3.63) is 23.3 Å². The molecule has 1 aromatic heterocycles. The Morgan fingerprint density at radius 1 is 1.37 bits per heavy atom. The summed E-state index contributed by atoms with van der Waals surface area (Å²) >= 11 is 0. The second kappa shape index (κ2) is 6.76. The predicted molar refractivity (Wildman–Crippen MR) is 60.1 cm³/mol. The maximum absolute atomic E-state index is 12.6. The third-order valence-electron chi connectivity index (χ3n) is 2.16. The molecule has 1 aromatic rings. The minimum Gasteiger partial charge on any atom is -0.367 e. The van der Waals surface area contributed by atoms with Gasteiger partial charge in [0.1, 0.15) is 13.2 Å². The van der Waals surface area contributed by atoms with Gasteiger partial charge in [-0.1, -0.05) is 0 Å². The molecule has 0 amide bonds. The molecule has 0 atom stereocenters. The minimum absolute atomic E-state index is 0.190. The Bertz CT molecular complexity index is 415. The first-order valence-corrected chi connectivity index (χ1v) is 5.57. The number of hydrogen-bond donors (Lipinski definition) is 1. The van der Waals surface area contributed by atoms with Crippen LogP contribution >= 0.6 is 0 Å². The molecular weight excluding hydrogens is 266 g/mol. The molecule has 0 spiro atoms. The van der Waals surface area contributed by atoms with Crippen molar-refractivity contribution in [2.24, 2.45) is 0 Å². The number of alkyl halides is 4. The second-order valence-electron chi connectivity index (χ2n) is 4.00. The highest BCUT2D eigenvalue weighted by molar-refractivity contribution is 5.09. The van der Waals surface area contributed by atoms with Crippen LogP contribution in [0, 0.1) is 6.92 Å². The van der Waals surface area contributed by atoms with E-state index in [2.05, 4.69) is 20.0 Å². The molecule has 1 N–H and O–H groups in total. The number of rotatable bonds is 7. The first kappa shape index (κ1) is 15.8. The first-order chi connectivity index (χ1) is 8.85. The lowest BCUT2D eigenvalue weighted by Crippen LogP contribution is -2.32. The Hall–Kier alpha value is -1.28. The number of nitrogens with one attached hydrogen (secondary N) is 1. The zero-order chi connectivity index (χ0) is 14.5. The molecule has 0 bridgehead atoms. The summed E-state index contributed by atoms with van der Waals surface area (Å²) in [6, 6.07) is 1.73. The third kappa shape index (κ3) is 5.07. The molecule has 8 heteroatoms. The molecule has 0 fully saturated rings. The molecule has 0 aliphatic rings. The van der Waals surface area contributed by atoms with E-state index in [1.54, 1.807) is 20.0 Å². The highest BCUT2D eigenvalue weighted by Gasteiger charge is 2.40. The molecule has 0 radical (unpaired) electrons. The molecule has 0 aromatic carbocycles. The van der Waals surface area contributed by atoms with Crippen LogP contribution in [0.1, 0.15) is 17.2 Å². The fourth-order valence-corrected chi connectivity index (χ4v) is 1.38. The Kier molecular flexibility index (Phi) is 5.61. The van der Waals surface area contributed by atoms with E-state index < -0.39 is 19.0 Å². The number of aryl methyl sites for hydroxylation is 1. The van der Waals surface area contributed by atoms with E-state index in [4.69, 9.17) is 0 Å². The zero-order valence-corrected chi connectivity index (χ0v) is 10.6. The number of nitrogens with zero attached hydrogens (tertiary/aromatic N) is 2. The average Bonchev–Trinajstić information content (AvgIpc) is 2.28. The van der Waals surface area contributed by atoms with Crippen molar-refractivity contribution >= 4 is 0 Å². The first-order valence-electron chi connectivity index (χ1n) is 5.57. The molecule has 0 unspecified atom stereocenters. The van der Waals surface area contributed by atoms with Crippen LogP contribution < -0.4 is 5.32 Å². The number of hydrogen-bond acceptors (Lipinski definition) is 4. The monoisotopic (exact) mass is 281 g/mol. The van der Waals surface area contributed by atoms with Gasteiger partial charge in [-0.3, -0.25) is 0 Å². The summed E-state index contributed by atoms with van der Waals surface area (Å²) in [5.74, 6) is -3.97. The summed E-state index contributed by atoms with van der Waals surface area (Å²) in [5.41, 5.74) is 1.33. The lowest BCUT2D eigenvalue weighted by atomic mass is 10.3. The van der Waals surface area contributed by atoms with Gasteiger partial charge < -0.3 is 10.1 Å². The van der Waals surface area contributed by atoms with Crippen molar-refractivity contribution in [3.63, 3.8) is 0 Å². The second-order valence-corrected chi connectivity index (χ2v) is 4.00. The fourth-order valence-electron chi connectivity index (χ4n) is 1.38. The molecule has 0 aliphatic carbocycles. The van der Waals surface area contributed by atoms with Gasteiger partial charge in [-0.15, -0.1) is 0 Å². The van der Waals surface area contributed by atoms with E-state index in [-0.39, 0.29) is 12.4 Å². The van der Waals surface area contributed by atoms with Gasteiger partial charge in [0.05, 0.1) is 5.69 Å². The molecule has 108 valence electrons. The molecule has 19 heavy (non-hydrogen) atoms. The lowest BCUT2D eigenvalue weighted by Gasteiger charge is -2.15. The van der Waals surface area contributed by atoms with Gasteiger partial charge in [-0.05, 0) is 20.0 Å². The molecule has 1 rings (SSSR count). The van der Waals surface area contributed by atoms with Crippen molar-refractivity contribution in [1.82, 2.24) is 15.3 Å². The maximum atomic E-state index is 12.6. The maximum Gasteiger partial charge on any atom is 0.330 e. The quantitative estimate of drug-likeness (QED) is 0.776. The SMILES string of the molecule is CNCc1cc(C)nc(COCC(F)(F)C(F)F)n1. The normalized spacial score (nSPS) is 12.2. The van der Waals surface area contributed by atoms with Crippen LogP contribution in [-0.2, 0) is 17.9 Å². The van der Waals surface area contributed by atoms with E-state index in [1.165, 1.54) is 0 Å². The highest BCUT2D eigenvalue weighted by Crippen LogP contribution is 2.23. The zero-order valence-electron chi connectivity index (χ0n) is 10.6. The van der Waals surface area contributed by atoms with Crippen LogP contribution in [0.5, 0.6) is 0 Å². The Morgan fingerprint density at radius 2 is 2.05 bits per heavy atom. The minimum atomic E-state index is -4.16. The Labute approximate surface area is 108 Å². The summed E-state index contributed by atoms with van der Waals surface area (Å²) in [6.45, 7) is 0.520. The summed E-state index contributed by atoms with van der Waals surface area (Å²) in [6.07, 6.45) is -3.74. The van der Waals surface area contributed by atoms with Crippen molar-refractivity contribution in [3.8, 4) is 0 Å². The van der Waals surface area contributed by atoms with Gasteiger partial charge in [-0.2, -0.15) is 8.78 Å². The Balaban J connectivity index is 2.58. The van der Waals surface area contributed by atoms with Gasteiger partial charge in [-0.25, -0.2) is 18.7 Å². The standard InChI is InChI=1S/C11H15F4N3O/c1-7-3-8(4-16-2)18-9(17-7)5-19-6-11(14,15)10(12)13/h3,10,16H,4-6H2,1-2H3.